The fourth-order valence-corrected chi connectivity index (χ4v) is 3.63. The number of anilines is 1. The first-order valence-corrected chi connectivity index (χ1v) is 10.8. The van der Waals surface area contributed by atoms with Crippen LogP contribution in [0.25, 0.3) is 0 Å². The Morgan fingerprint density at radius 3 is 2.47 bits per heavy atom. The van der Waals surface area contributed by atoms with Crippen LogP contribution in [0.3, 0.4) is 0 Å². The van der Waals surface area contributed by atoms with Crippen molar-refractivity contribution >= 4 is 41.1 Å². The average Bonchev–Trinajstić information content (AvgIpc) is 3.20. The van der Waals surface area contributed by atoms with Gasteiger partial charge in [0, 0.05) is 27.8 Å². The average molecular weight is 444 g/mol. The van der Waals surface area contributed by atoms with Crippen LogP contribution in [0, 0.1) is 0 Å². The first-order valence-electron chi connectivity index (χ1n) is 9.40. The number of carbonyl (C=O) groups excluding carboxylic acids is 2. The maximum Gasteiger partial charge on any atom is 0.338 e. The first-order chi connectivity index (χ1) is 14.4. The van der Waals surface area contributed by atoms with Crippen LogP contribution in [0.15, 0.2) is 65.7 Å². The van der Waals surface area contributed by atoms with Gasteiger partial charge in [0.25, 0.3) is 5.91 Å². The van der Waals surface area contributed by atoms with Crippen molar-refractivity contribution < 1.29 is 14.3 Å². The molecule has 156 valence electrons. The van der Waals surface area contributed by atoms with Gasteiger partial charge >= 0.3 is 5.97 Å². The maximum absolute atomic E-state index is 12.2. The van der Waals surface area contributed by atoms with Crippen molar-refractivity contribution in [1.82, 2.24) is 9.78 Å². The molecule has 6 nitrogen and oxygen atoms in total. The molecule has 0 aliphatic rings. The van der Waals surface area contributed by atoms with Gasteiger partial charge in [0.15, 0.2) is 6.61 Å². The number of hydrogen-bond acceptors (Lipinski definition) is 5. The molecule has 0 aliphatic carbocycles. The van der Waals surface area contributed by atoms with Gasteiger partial charge in [-0.2, -0.15) is 5.10 Å². The molecule has 1 amide bonds. The molecule has 1 aromatic heterocycles. The molecule has 0 saturated carbocycles. The molecule has 0 saturated heterocycles. The Hall–Kier alpha value is -2.77. The Bertz CT molecular complexity index is 1000. The number of nitrogens with one attached hydrogen (secondary N) is 1. The molecule has 0 atom stereocenters. The lowest BCUT2D eigenvalue weighted by molar-refractivity contribution is -0.119. The third-order valence-electron chi connectivity index (χ3n) is 4.17. The largest absolute Gasteiger partial charge is 0.452 e. The van der Waals surface area contributed by atoms with E-state index in [1.807, 2.05) is 50.2 Å². The highest BCUT2D eigenvalue weighted by molar-refractivity contribution is 7.98. The Kier molecular flexibility index (Phi) is 7.54. The van der Waals surface area contributed by atoms with E-state index in [4.69, 9.17) is 16.3 Å². The van der Waals surface area contributed by atoms with Crippen molar-refractivity contribution in [1.29, 1.82) is 0 Å². The molecular weight excluding hydrogens is 422 g/mol. The quantitative estimate of drug-likeness (QED) is 0.382. The summed E-state index contributed by atoms with van der Waals surface area (Å²) in [4.78, 5) is 25.4. The smallest absolute Gasteiger partial charge is 0.338 e. The summed E-state index contributed by atoms with van der Waals surface area (Å²) in [6.45, 7) is 3.55. The molecule has 0 radical (unpaired) electrons. The Morgan fingerprint density at radius 1 is 1.10 bits per heavy atom. The Labute approximate surface area is 184 Å². The normalized spacial score (nSPS) is 10.8. The van der Waals surface area contributed by atoms with Gasteiger partial charge < -0.3 is 10.1 Å². The molecule has 3 aromatic rings. The van der Waals surface area contributed by atoms with Crippen molar-refractivity contribution in [3.63, 3.8) is 0 Å². The van der Waals surface area contributed by atoms with Gasteiger partial charge in [0.2, 0.25) is 0 Å². The number of nitrogens with zero attached hydrogens (tertiary/aromatic N) is 2. The molecule has 0 spiro atoms. The summed E-state index contributed by atoms with van der Waals surface area (Å²) in [5.41, 5.74) is 1.47. The molecule has 0 bridgehead atoms. The monoisotopic (exact) mass is 443 g/mol. The maximum atomic E-state index is 12.2. The second-order valence-electron chi connectivity index (χ2n) is 6.82. The van der Waals surface area contributed by atoms with E-state index in [1.54, 1.807) is 40.8 Å². The Morgan fingerprint density at radius 2 is 1.80 bits per heavy atom. The predicted octanol–water partition coefficient (Wildman–Crippen LogP) is 5.21. The van der Waals surface area contributed by atoms with Crippen LogP contribution in [-0.2, 0) is 15.3 Å². The molecule has 0 unspecified atom stereocenters. The number of halogens is 1. The molecule has 0 fully saturated rings. The van der Waals surface area contributed by atoms with Crippen molar-refractivity contribution in [2.24, 2.45) is 0 Å². The standard InChI is InChI=1S/C22H22ClN3O3S/c1-15(2)26-20(11-12-24-26)25-21(27)13-29-22(28)17-5-3-16(4-6-17)14-30-19-9-7-18(23)8-10-19/h3-12,15H,13-14H2,1-2H3,(H,25,27). The number of hydrogen-bond donors (Lipinski definition) is 1. The number of benzene rings is 2. The zero-order valence-electron chi connectivity index (χ0n) is 16.7. The van der Waals surface area contributed by atoms with Gasteiger partial charge in [-0.1, -0.05) is 23.7 Å². The van der Waals surface area contributed by atoms with Crippen LogP contribution in [0.4, 0.5) is 5.82 Å². The number of amides is 1. The molecule has 30 heavy (non-hydrogen) atoms. The van der Waals surface area contributed by atoms with Gasteiger partial charge in [-0.3, -0.25) is 4.79 Å². The molecular formula is C22H22ClN3O3S. The summed E-state index contributed by atoms with van der Waals surface area (Å²) < 4.78 is 6.80. The number of ether oxygens (including phenoxy) is 1. The van der Waals surface area contributed by atoms with Crippen molar-refractivity contribution in [2.75, 3.05) is 11.9 Å². The fourth-order valence-electron chi connectivity index (χ4n) is 2.65. The van der Waals surface area contributed by atoms with Crippen LogP contribution in [0.5, 0.6) is 0 Å². The minimum atomic E-state index is -0.542. The molecule has 3 rings (SSSR count). The van der Waals surface area contributed by atoms with Crippen molar-refractivity contribution in [2.45, 2.75) is 30.5 Å². The summed E-state index contributed by atoms with van der Waals surface area (Å²) >= 11 is 7.57. The number of aromatic nitrogens is 2. The summed E-state index contributed by atoms with van der Waals surface area (Å²) in [6, 6.07) is 16.6. The predicted molar refractivity (Wildman–Crippen MR) is 119 cm³/mol. The third-order valence-corrected chi connectivity index (χ3v) is 5.51. The summed E-state index contributed by atoms with van der Waals surface area (Å²) in [5, 5.41) is 7.55. The lowest BCUT2D eigenvalue weighted by Crippen LogP contribution is -2.23. The SMILES string of the molecule is CC(C)n1nccc1NC(=O)COC(=O)c1ccc(CSc2ccc(Cl)cc2)cc1. The van der Waals surface area contributed by atoms with Crippen LogP contribution < -0.4 is 5.32 Å². The molecule has 8 heteroatoms. The van der Waals surface area contributed by atoms with E-state index in [9.17, 15) is 9.59 Å². The van der Waals surface area contributed by atoms with E-state index in [1.165, 1.54) is 0 Å². The first kappa shape index (κ1) is 21.9. The van der Waals surface area contributed by atoms with Crippen LogP contribution in [0.2, 0.25) is 5.02 Å². The molecule has 1 heterocycles. The highest BCUT2D eigenvalue weighted by Crippen LogP contribution is 2.24. The third kappa shape index (κ3) is 6.11. The minimum Gasteiger partial charge on any atom is -0.452 e. The van der Waals surface area contributed by atoms with E-state index in [2.05, 4.69) is 10.4 Å². The summed E-state index contributed by atoms with van der Waals surface area (Å²) in [6.07, 6.45) is 1.61. The van der Waals surface area contributed by atoms with Crippen LogP contribution >= 0.6 is 23.4 Å². The van der Waals surface area contributed by atoms with Gasteiger partial charge in [-0.15, -0.1) is 11.8 Å². The van der Waals surface area contributed by atoms with Crippen molar-refractivity contribution in [3.8, 4) is 0 Å². The van der Waals surface area contributed by atoms with Crippen LogP contribution in [0.1, 0.15) is 35.8 Å². The number of carbonyl (C=O) groups is 2. The van der Waals surface area contributed by atoms with Gasteiger partial charge in [0.05, 0.1) is 11.8 Å². The van der Waals surface area contributed by atoms with Gasteiger partial charge in [-0.25, -0.2) is 9.48 Å². The van der Waals surface area contributed by atoms with E-state index >= 15 is 0 Å². The van der Waals surface area contributed by atoms with E-state index in [0.29, 0.717) is 16.4 Å². The van der Waals surface area contributed by atoms with Crippen LogP contribution in [-0.4, -0.2) is 28.3 Å². The van der Waals surface area contributed by atoms with E-state index < -0.39 is 11.9 Å². The fraction of sp³-hybridized carbons (Fsp3) is 0.227. The zero-order valence-corrected chi connectivity index (χ0v) is 18.2. The highest BCUT2D eigenvalue weighted by Gasteiger charge is 2.13. The highest BCUT2D eigenvalue weighted by atomic mass is 35.5. The Balaban J connectivity index is 1.47. The van der Waals surface area contributed by atoms with Gasteiger partial charge in [0.1, 0.15) is 5.82 Å². The topological polar surface area (TPSA) is 73.2 Å². The van der Waals surface area contributed by atoms with Crippen molar-refractivity contribution in [3.05, 3.63) is 76.9 Å². The van der Waals surface area contributed by atoms with E-state index in [0.717, 1.165) is 16.2 Å². The number of rotatable bonds is 8. The van der Waals surface area contributed by atoms with E-state index in [-0.39, 0.29) is 12.6 Å². The lowest BCUT2D eigenvalue weighted by Gasteiger charge is -2.12. The molecule has 2 aromatic carbocycles. The molecule has 0 aliphatic heterocycles. The van der Waals surface area contributed by atoms with Gasteiger partial charge in [-0.05, 0) is 55.8 Å². The lowest BCUT2D eigenvalue weighted by atomic mass is 10.1. The second-order valence-corrected chi connectivity index (χ2v) is 8.30. The number of thioether (sulfide) groups is 1. The zero-order chi connectivity index (χ0) is 21.5. The number of esters is 1. The minimum absolute atomic E-state index is 0.106. The summed E-state index contributed by atoms with van der Waals surface area (Å²) in [5.74, 6) is 0.373. The summed E-state index contributed by atoms with van der Waals surface area (Å²) in [7, 11) is 0. The molecule has 1 N–H and O–H groups in total. The second kappa shape index (κ2) is 10.3.